The molecule has 1 aliphatic rings. The molecule has 0 spiro atoms. The summed E-state index contributed by atoms with van der Waals surface area (Å²) in [5, 5.41) is 17.9. The number of aliphatic hydroxyl groups is 1. The summed E-state index contributed by atoms with van der Waals surface area (Å²) in [5.74, 6) is -1.71. The largest absolute Gasteiger partial charge is 0.493 e. The number of rotatable bonds is 13. The van der Waals surface area contributed by atoms with Gasteiger partial charge in [-0.15, -0.1) is 0 Å². The van der Waals surface area contributed by atoms with Crippen LogP contribution in [0.5, 0.6) is 0 Å². The number of carbonyl (C=O) groups is 3. The van der Waals surface area contributed by atoms with Gasteiger partial charge < -0.3 is 21.1 Å². The molecule has 0 radical (unpaired) electrons. The van der Waals surface area contributed by atoms with E-state index in [2.05, 4.69) is 22.9 Å². The molecule has 12 heteroatoms. The lowest BCUT2D eigenvalue weighted by atomic mass is 10.0. The Labute approximate surface area is 228 Å². The van der Waals surface area contributed by atoms with Gasteiger partial charge in [0.1, 0.15) is 12.1 Å². The van der Waals surface area contributed by atoms with Crippen LogP contribution < -0.4 is 25.0 Å². The van der Waals surface area contributed by atoms with E-state index < -0.39 is 34.1 Å². The third kappa shape index (κ3) is 8.74. The zero-order valence-corrected chi connectivity index (χ0v) is 22.8. The fourth-order valence-corrected chi connectivity index (χ4v) is 5.17. The number of carbonyl (C=O) groups excluding carboxylic acids is 3. The first kappa shape index (κ1) is 29.5. The van der Waals surface area contributed by atoms with Gasteiger partial charge in [-0.25, -0.2) is 9.03 Å². The van der Waals surface area contributed by atoms with Gasteiger partial charge in [-0.05, 0) is 29.7 Å². The van der Waals surface area contributed by atoms with Crippen LogP contribution in [0, 0.1) is 0 Å². The first-order chi connectivity index (χ1) is 18.6. The molecule has 0 aromatic heterocycles. The van der Waals surface area contributed by atoms with Crippen molar-refractivity contribution in [2.24, 2.45) is 0 Å². The van der Waals surface area contributed by atoms with Gasteiger partial charge in [-0.3, -0.25) is 14.4 Å². The highest BCUT2D eigenvalue weighted by Gasteiger charge is 2.29. The Morgan fingerprint density at radius 2 is 1.51 bits per heavy atom. The second-order valence-corrected chi connectivity index (χ2v) is 10.8. The van der Waals surface area contributed by atoms with E-state index in [1.165, 1.54) is 19.1 Å². The van der Waals surface area contributed by atoms with E-state index in [9.17, 15) is 27.9 Å². The summed E-state index contributed by atoms with van der Waals surface area (Å²) >= 11 is 0. The zero-order chi connectivity index (χ0) is 28.4. The van der Waals surface area contributed by atoms with E-state index in [0.717, 1.165) is 35.3 Å². The number of nitrogens with one attached hydrogen (secondary N) is 4. The monoisotopic (exact) mass is 557 g/mol. The summed E-state index contributed by atoms with van der Waals surface area (Å²) in [6.45, 7) is 3.85. The number of aliphatic hydroxyl groups excluding tert-OH is 1. The lowest BCUT2D eigenvalue weighted by Gasteiger charge is -2.23. The lowest BCUT2D eigenvalue weighted by molar-refractivity contribution is -0.131. The second-order valence-electron chi connectivity index (χ2n) is 9.29. The highest BCUT2D eigenvalue weighted by molar-refractivity contribution is 7.91. The predicted molar refractivity (Wildman–Crippen MR) is 148 cm³/mol. The van der Waals surface area contributed by atoms with Crippen molar-refractivity contribution in [3.05, 3.63) is 77.8 Å². The molecule has 11 nitrogen and oxygen atoms in total. The van der Waals surface area contributed by atoms with Crippen molar-refractivity contribution in [3.8, 4) is 0 Å². The maximum Gasteiger partial charge on any atom is 0.330 e. The maximum atomic E-state index is 13.3. The maximum absolute atomic E-state index is 13.3. The minimum absolute atomic E-state index is 0.135. The van der Waals surface area contributed by atoms with E-state index in [1.807, 2.05) is 35.1 Å². The van der Waals surface area contributed by atoms with Crippen molar-refractivity contribution in [2.45, 2.75) is 58.0 Å². The fraction of sp³-hybridized carbons (Fsp3) is 0.370. The van der Waals surface area contributed by atoms with Gasteiger partial charge >= 0.3 is 10.2 Å². The number of anilines is 1. The molecule has 1 aliphatic heterocycles. The van der Waals surface area contributed by atoms with E-state index in [1.54, 1.807) is 12.1 Å². The Kier molecular flexibility index (Phi) is 10.3. The lowest BCUT2D eigenvalue weighted by Crippen LogP contribution is -2.55. The molecular weight excluding hydrogens is 522 g/mol. The van der Waals surface area contributed by atoms with Crippen LogP contribution in [-0.2, 0) is 37.4 Å². The molecule has 3 amide bonds. The number of hydrogen-bond donors (Lipinski definition) is 5. The molecule has 39 heavy (non-hydrogen) atoms. The molecule has 2 aromatic carbocycles. The SMILES string of the molecule is CCCCCNC(=O)[C@H](Cc1ccc(N2C=C(O)NS2(=O)=O)cc1)NC(=O)[C@H](Cc1ccccc1)NC(C)=O. The smallest absolute Gasteiger partial charge is 0.330 e. The highest BCUT2D eigenvalue weighted by atomic mass is 32.2. The van der Waals surface area contributed by atoms with Crippen LogP contribution in [0.2, 0.25) is 0 Å². The van der Waals surface area contributed by atoms with Crippen LogP contribution in [0.15, 0.2) is 66.7 Å². The van der Waals surface area contributed by atoms with Crippen molar-refractivity contribution in [1.82, 2.24) is 20.7 Å². The van der Waals surface area contributed by atoms with Gasteiger partial charge in [0, 0.05) is 26.3 Å². The van der Waals surface area contributed by atoms with Gasteiger partial charge in [0.2, 0.25) is 23.6 Å². The molecule has 2 aromatic rings. The Morgan fingerprint density at radius 1 is 0.897 bits per heavy atom. The van der Waals surface area contributed by atoms with Crippen LogP contribution in [-0.4, -0.2) is 49.9 Å². The minimum atomic E-state index is -3.93. The quantitative estimate of drug-likeness (QED) is 0.236. The minimum Gasteiger partial charge on any atom is -0.493 e. The average Bonchev–Trinajstić information content (AvgIpc) is 3.18. The van der Waals surface area contributed by atoms with Gasteiger partial charge in [0.25, 0.3) is 0 Å². The van der Waals surface area contributed by atoms with Gasteiger partial charge in [0.05, 0.1) is 11.9 Å². The van der Waals surface area contributed by atoms with Crippen LogP contribution in [0.3, 0.4) is 0 Å². The van der Waals surface area contributed by atoms with E-state index in [-0.39, 0.29) is 30.3 Å². The molecule has 2 atom stereocenters. The summed E-state index contributed by atoms with van der Waals surface area (Å²) < 4.78 is 27.1. The van der Waals surface area contributed by atoms with Crippen LogP contribution in [0.4, 0.5) is 5.69 Å². The second kappa shape index (κ2) is 13.7. The molecule has 0 bridgehead atoms. The van der Waals surface area contributed by atoms with Crippen LogP contribution in [0.25, 0.3) is 0 Å². The summed E-state index contributed by atoms with van der Waals surface area (Å²) in [4.78, 5) is 38.2. The Hall–Kier alpha value is -4.06. The molecule has 0 unspecified atom stereocenters. The van der Waals surface area contributed by atoms with Crippen LogP contribution >= 0.6 is 0 Å². The topological polar surface area (TPSA) is 157 Å². The zero-order valence-electron chi connectivity index (χ0n) is 22.0. The number of benzene rings is 2. The van der Waals surface area contributed by atoms with Gasteiger partial charge in [-0.1, -0.05) is 62.2 Å². The average molecular weight is 558 g/mol. The van der Waals surface area contributed by atoms with Crippen molar-refractivity contribution < 1.29 is 27.9 Å². The molecule has 0 fully saturated rings. The fourth-order valence-electron chi connectivity index (χ4n) is 4.11. The van der Waals surface area contributed by atoms with Gasteiger partial charge in [-0.2, -0.15) is 8.42 Å². The molecule has 5 N–H and O–H groups in total. The molecule has 3 rings (SSSR count). The van der Waals surface area contributed by atoms with Gasteiger partial charge in [0.15, 0.2) is 0 Å². The number of amides is 3. The summed E-state index contributed by atoms with van der Waals surface area (Å²) in [6, 6.07) is 13.8. The number of hydrogen-bond acceptors (Lipinski definition) is 6. The van der Waals surface area contributed by atoms with E-state index in [4.69, 9.17) is 0 Å². The van der Waals surface area contributed by atoms with E-state index >= 15 is 0 Å². The number of nitrogens with zero attached hydrogens (tertiary/aromatic N) is 1. The van der Waals surface area contributed by atoms with E-state index in [0.29, 0.717) is 12.1 Å². The normalized spacial score (nSPS) is 15.4. The molecule has 0 aliphatic carbocycles. The molecule has 0 saturated carbocycles. The molecule has 0 saturated heterocycles. The summed E-state index contributed by atoms with van der Waals surface area (Å²) in [7, 11) is -3.93. The molecular formula is C27H35N5O6S. The van der Waals surface area contributed by atoms with Crippen molar-refractivity contribution in [3.63, 3.8) is 0 Å². The Balaban J connectivity index is 1.77. The standard InChI is InChI=1S/C27H35N5O6S/c1-3-4-8-15-28-26(35)23(30-27(36)24(29-19(2)33)16-20-9-6-5-7-10-20)17-21-11-13-22(14-12-21)32-18-25(34)31-39(32,37)38/h5-7,9-14,18,23-24,31,34H,3-4,8,15-17H2,1-2H3,(H,28,35)(H,29,33)(H,30,36)/t23-,24-/m0/s1. The Morgan fingerprint density at radius 3 is 2.08 bits per heavy atom. The van der Waals surface area contributed by atoms with Crippen molar-refractivity contribution in [1.29, 1.82) is 0 Å². The molecule has 1 heterocycles. The highest BCUT2D eigenvalue weighted by Crippen LogP contribution is 2.23. The molecule has 210 valence electrons. The first-order valence-corrected chi connectivity index (χ1v) is 14.2. The first-order valence-electron chi connectivity index (χ1n) is 12.8. The third-order valence-corrected chi connectivity index (χ3v) is 7.35. The third-order valence-electron chi connectivity index (χ3n) is 6.05. The number of unbranched alkanes of at least 4 members (excludes halogenated alkanes) is 2. The summed E-state index contributed by atoms with van der Waals surface area (Å²) in [6.07, 6.45) is 4.19. The summed E-state index contributed by atoms with van der Waals surface area (Å²) in [5.41, 5.74) is 1.81. The van der Waals surface area contributed by atoms with Crippen molar-refractivity contribution in [2.75, 3.05) is 10.8 Å². The Bertz CT molecular complexity index is 1280. The van der Waals surface area contributed by atoms with Crippen LogP contribution in [0.1, 0.15) is 44.2 Å². The van der Waals surface area contributed by atoms with Crippen molar-refractivity contribution >= 4 is 33.6 Å². The predicted octanol–water partition coefficient (Wildman–Crippen LogP) is 1.78.